The molecule has 0 aliphatic rings. The molecule has 0 fully saturated rings. The molecule has 108 valence electrons. The van der Waals surface area contributed by atoms with Crippen molar-refractivity contribution in [2.24, 2.45) is 0 Å². The Morgan fingerprint density at radius 3 is 2.80 bits per heavy atom. The summed E-state index contributed by atoms with van der Waals surface area (Å²) in [5.41, 5.74) is 1.22. The number of hydrogen-bond donors (Lipinski definition) is 1. The number of thiophene rings is 1. The third kappa shape index (κ3) is 3.77. The Bertz CT molecular complexity index is 682. The summed E-state index contributed by atoms with van der Waals surface area (Å²) in [6.45, 7) is 3.74. The second-order valence-corrected chi connectivity index (χ2v) is 7.55. The zero-order chi connectivity index (χ0) is 14.8. The van der Waals surface area contributed by atoms with E-state index < -0.39 is 9.84 Å². The van der Waals surface area contributed by atoms with Gasteiger partial charge in [-0.1, -0.05) is 0 Å². The minimum absolute atomic E-state index is 0.0828. The van der Waals surface area contributed by atoms with Crippen LogP contribution >= 0.6 is 11.3 Å². The standard InChI is InChI=1S/C13H17N3O2S2/c1-9(6-11-4-5-19-8-11)15-13-12(20(3,17)18)7-14-10(2)16-13/h4-5,7-9H,6H2,1-3H3,(H,14,15,16)/t9-/m0/s1. The van der Waals surface area contributed by atoms with Crippen LogP contribution in [0, 0.1) is 6.92 Å². The highest BCUT2D eigenvalue weighted by Gasteiger charge is 2.17. The number of nitrogens with one attached hydrogen (secondary N) is 1. The van der Waals surface area contributed by atoms with E-state index in [0.29, 0.717) is 11.6 Å². The van der Waals surface area contributed by atoms with E-state index in [-0.39, 0.29) is 10.9 Å². The van der Waals surface area contributed by atoms with Crippen molar-refractivity contribution in [2.45, 2.75) is 31.2 Å². The largest absolute Gasteiger partial charge is 0.366 e. The van der Waals surface area contributed by atoms with Crippen LogP contribution in [0.25, 0.3) is 0 Å². The number of rotatable bonds is 5. The number of aromatic nitrogens is 2. The SMILES string of the molecule is Cc1ncc(S(C)(=O)=O)c(N[C@@H](C)Cc2ccsc2)n1. The van der Waals surface area contributed by atoms with Crippen LogP contribution in [0.3, 0.4) is 0 Å². The lowest BCUT2D eigenvalue weighted by Gasteiger charge is -2.16. The minimum atomic E-state index is -3.34. The molecule has 0 bridgehead atoms. The van der Waals surface area contributed by atoms with Crippen molar-refractivity contribution in [3.8, 4) is 0 Å². The molecule has 5 nitrogen and oxygen atoms in total. The normalized spacial score (nSPS) is 13.2. The van der Waals surface area contributed by atoms with Gasteiger partial charge in [-0.2, -0.15) is 11.3 Å². The van der Waals surface area contributed by atoms with Crippen molar-refractivity contribution >= 4 is 27.0 Å². The van der Waals surface area contributed by atoms with Crippen molar-refractivity contribution in [1.82, 2.24) is 9.97 Å². The number of nitrogens with zero attached hydrogens (tertiary/aromatic N) is 2. The third-order valence-corrected chi connectivity index (χ3v) is 4.61. The number of anilines is 1. The summed E-state index contributed by atoms with van der Waals surface area (Å²) in [6.07, 6.45) is 3.34. The molecule has 0 amide bonds. The maximum absolute atomic E-state index is 11.7. The van der Waals surface area contributed by atoms with Gasteiger partial charge in [-0.15, -0.1) is 0 Å². The summed E-state index contributed by atoms with van der Waals surface area (Å²) in [5.74, 6) is 0.922. The fourth-order valence-electron chi connectivity index (χ4n) is 1.88. The van der Waals surface area contributed by atoms with Crippen molar-refractivity contribution in [1.29, 1.82) is 0 Å². The van der Waals surface area contributed by atoms with Crippen LogP contribution in [0.4, 0.5) is 5.82 Å². The van der Waals surface area contributed by atoms with Crippen molar-refractivity contribution < 1.29 is 8.42 Å². The monoisotopic (exact) mass is 311 g/mol. The highest BCUT2D eigenvalue weighted by Crippen LogP contribution is 2.19. The van der Waals surface area contributed by atoms with Crippen LogP contribution in [0.2, 0.25) is 0 Å². The molecule has 1 N–H and O–H groups in total. The molecular weight excluding hydrogens is 294 g/mol. The smallest absolute Gasteiger partial charge is 0.180 e. The van der Waals surface area contributed by atoms with Gasteiger partial charge in [0.05, 0.1) is 6.20 Å². The van der Waals surface area contributed by atoms with Crippen molar-refractivity contribution in [2.75, 3.05) is 11.6 Å². The fraction of sp³-hybridized carbons (Fsp3) is 0.385. The summed E-state index contributed by atoms with van der Waals surface area (Å²) < 4.78 is 23.5. The predicted molar refractivity (Wildman–Crippen MR) is 81.0 cm³/mol. The van der Waals surface area contributed by atoms with Gasteiger partial charge in [0.2, 0.25) is 0 Å². The Hall–Kier alpha value is -1.47. The van der Waals surface area contributed by atoms with E-state index in [1.165, 1.54) is 11.8 Å². The van der Waals surface area contributed by atoms with Crippen molar-refractivity contribution in [3.63, 3.8) is 0 Å². The third-order valence-electron chi connectivity index (χ3n) is 2.78. The summed E-state index contributed by atoms with van der Waals surface area (Å²) in [5, 5.41) is 7.28. The number of hydrogen-bond acceptors (Lipinski definition) is 6. The molecule has 0 aliphatic carbocycles. The Morgan fingerprint density at radius 2 is 2.20 bits per heavy atom. The Kier molecular flexibility index (Phi) is 4.39. The van der Waals surface area contributed by atoms with Crippen LogP contribution in [0.1, 0.15) is 18.3 Å². The van der Waals surface area contributed by atoms with Crippen LogP contribution in [-0.4, -0.2) is 30.7 Å². The highest BCUT2D eigenvalue weighted by atomic mass is 32.2. The Balaban J connectivity index is 2.22. The summed E-state index contributed by atoms with van der Waals surface area (Å²) >= 11 is 1.65. The van der Waals surface area contributed by atoms with Crippen LogP contribution in [-0.2, 0) is 16.3 Å². The summed E-state index contributed by atoms with van der Waals surface area (Å²) in [6, 6.07) is 2.14. The zero-order valence-corrected chi connectivity index (χ0v) is 13.3. The van der Waals surface area contributed by atoms with Gasteiger partial charge in [0.1, 0.15) is 16.5 Å². The summed E-state index contributed by atoms with van der Waals surface area (Å²) in [4.78, 5) is 8.31. The number of aryl methyl sites for hydroxylation is 1. The second-order valence-electron chi connectivity index (χ2n) is 4.78. The Labute approximate surface area is 123 Å². The van der Waals surface area contributed by atoms with Crippen LogP contribution in [0.15, 0.2) is 27.9 Å². The first-order chi connectivity index (χ1) is 9.36. The zero-order valence-electron chi connectivity index (χ0n) is 11.6. The first kappa shape index (κ1) is 14.9. The minimum Gasteiger partial charge on any atom is -0.366 e. The van der Waals surface area contributed by atoms with Gasteiger partial charge in [0, 0.05) is 12.3 Å². The molecule has 0 spiro atoms. The van der Waals surface area contributed by atoms with Crippen LogP contribution < -0.4 is 5.32 Å². The molecule has 0 saturated heterocycles. The molecule has 7 heteroatoms. The maximum atomic E-state index is 11.7. The highest BCUT2D eigenvalue weighted by molar-refractivity contribution is 7.90. The average molecular weight is 311 g/mol. The molecule has 2 heterocycles. The van der Waals surface area contributed by atoms with Crippen molar-refractivity contribution in [3.05, 3.63) is 34.4 Å². The molecule has 20 heavy (non-hydrogen) atoms. The Morgan fingerprint density at radius 1 is 1.45 bits per heavy atom. The summed E-state index contributed by atoms with van der Waals surface area (Å²) in [7, 11) is -3.34. The first-order valence-electron chi connectivity index (χ1n) is 6.17. The van der Waals surface area contributed by atoms with Gasteiger partial charge in [0.15, 0.2) is 9.84 Å². The van der Waals surface area contributed by atoms with Gasteiger partial charge in [-0.25, -0.2) is 18.4 Å². The molecule has 2 rings (SSSR count). The van der Waals surface area contributed by atoms with Crippen LogP contribution in [0.5, 0.6) is 0 Å². The van der Waals surface area contributed by atoms with E-state index >= 15 is 0 Å². The van der Waals surface area contributed by atoms with E-state index in [9.17, 15) is 8.42 Å². The van der Waals surface area contributed by atoms with Gasteiger partial charge in [-0.05, 0) is 42.7 Å². The molecule has 2 aromatic rings. The van der Waals surface area contributed by atoms with Gasteiger partial charge >= 0.3 is 0 Å². The molecule has 0 aliphatic heterocycles. The lowest BCUT2D eigenvalue weighted by molar-refractivity contribution is 0.601. The number of sulfone groups is 1. The quantitative estimate of drug-likeness (QED) is 0.917. The maximum Gasteiger partial charge on any atom is 0.180 e. The van der Waals surface area contributed by atoms with Gasteiger partial charge < -0.3 is 5.32 Å². The molecular formula is C13H17N3O2S2. The lowest BCUT2D eigenvalue weighted by Crippen LogP contribution is -2.21. The topological polar surface area (TPSA) is 72.0 Å². The lowest BCUT2D eigenvalue weighted by atomic mass is 10.1. The average Bonchev–Trinajstić information content (AvgIpc) is 2.79. The van der Waals surface area contributed by atoms with E-state index in [0.717, 1.165) is 12.7 Å². The van der Waals surface area contributed by atoms with Gasteiger partial charge in [0.25, 0.3) is 0 Å². The molecule has 1 atom stereocenters. The predicted octanol–water partition coefficient (Wildman–Crippen LogP) is 2.29. The van der Waals surface area contributed by atoms with E-state index in [1.54, 1.807) is 18.3 Å². The molecule has 0 aromatic carbocycles. The fourth-order valence-corrected chi connectivity index (χ4v) is 3.26. The van der Waals surface area contributed by atoms with Gasteiger partial charge in [-0.3, -0.25) is 0 Å². The molecule has 0 saturated carbocycles. The molecule has 0 unspecified atom stereocenters. The molecule has 2 aromatic heterocycles. The first-order valence-corrected chi connectivity index (χ1v) is 9.01. The van der Waals surface area contributed by atoms with E-state index in [2.05, 4.69) is 26.7 Å². The molecule has 0 radical (unpaired) electrons. The van der Waals surface area contributed by atoms with E-state index in [1.807, 2.05) is 12.3 Å². The van der Waals surface area contributed by atoms with E-state index in [4.69, 9.17) is 0 Å². The second kappa shape index (κ2) is 5.88.